The van der Waals surface area contributed by atoms with Crippen LogP contribution in [0.3, 0.4) is 0 Å². The van der Waals surface area contributed by atoms with Gasteiger partial charge in [0.1, 0.15) is 18.1 Å². The highest BCUT2D eigenvalue weighted by Crippen LogP contribution is 2.20. The number of carbonyl (C=O) groups excluding carboxylic acids is 1. The number of amides is 1. The van der Waals surface area contributed by atoms with Crippen LogP contribution in [0.5, 0.6) is 11.5 Å². The van der Waals surface area contributed by atoms with Crippen LogP contribution < -0.4 is 9.47 Å². The van der Waals surface area contributed by atoms with Crippen molar-refractivity contribution in [3.63, 3.8) is 0 Å². The lowest BCUT2D eigenvalue weighted by Gasteiger charge is -2.34. The molecule has 0 unspecified atom stereocenters. The Hall–Kier alpha value is -2.24. The molecule has 27 heavy (non-hydrogen) atoms. The van der Waals surface area contributed by atoms with Gasteiger partial charge in [-0.05, 0) is 48.9 Å². The van der Waals surface area contributed by atoms with Gasteiger partial charge in [0, 0.05) is 43.3 Å². The van der Waals surface area contributed by atoms with Gasteiger partial charge in [-0.2, -0.15) is 0 Å². The van der Waals surface area contributed by atoms with Crippen molar-refractivity contribution >= 4 is 17.5 Å². The number of carbonyl (C=O) groups is 1. The van der Waals surface area contributed by atoms with E-state index in [1.54, 1.807) is 7.11 Å². The molecular weight excluding hydrogens is 364 g/mol. The Balaban J connectivity index is 1.45. The van der Waals surface area contributed by atoms with Crippen LogP contribution in [0.25, 0.3) is 0 Å². The van der Waals surface area contributed by atoms with Crippen molar-refractivity contribution < 1.29 is 14.3 Å². The fourth-order valence-corrected chi connectivity index (χ4v) is 3.26. The fraction of sp³-hybridized carbons (Fsp3) is 0.381. The Morgan fingerprint density at radius 1 is 1.07 bits per heavy atom. The first kappa shape index (κ1) is 19.5. The molecule has 2 aromatic carbocycles. The molecule has 3 rings (SSSR count). The van der Waals surface area contributed by atoms with Crippen molar-refractivity contribution in [1.82, 2.24) is 9.80 Å². The molecule has 144 valence electrons. The van der Waals surface area contributed by atoms with Crippen LogP contribution in [0.2, 0.25) is 5.02 Å². The van der Waals surface area contributed by atoms with Crippen LogP contribution in [-0.2, 0) is 0 Å². The number of rotatable bonds is 6. The van der Waals surface area contributed by atoms with Crippen molar-refractivity contribution in [2.45, 2.75) is 6.92 Å². The summed E-state index contributed by atoms with van der Waals surface area (Å²) in [5.41, 5.74) is 1.71. The third-order valence-corrected chi connectivity index (χ3v) is 5.06. The van der Waals surface area contributed by atoms with E-state index in [9.17, 15) is 4.79 Å². The van der Waals surface area contributed by atoms with Crippen molar-refractivity contribution in [3.05, 3.63) is 58.6 Å². The summed E-state index contributed by atoms with van der Waals surface area (Å²) < 4.78 is 11.1. The predicted octanol–water partition coefficient (Wildman–Crippen LogP) is 3.49. The van der Waals surface area contributed by atoms with Crippen molar-refractivity contribution in [3.8, 4) is 11.5 Å². The normalized spacial score (nSPS) is 14.9. The molecule has 0 atom stereocenters. The van der Waals surface area contributed by atoms with E-state index >= 15 is 0 Å². The average Bonchev–Trinajstić information content (AvgIpc) is 2.70. The Kier molecular flexibility index (Phi) is 6.58. The van der Waals surface area contributed by atoms with Gasteiger partial charge in [-0.25, -0.2) is 0 Å². The summed E-state index contributed by atoms with van der Waals surface area (Å²) in [6.07, 6.45) is 0. The van der Waals surface area contributed by atoms with E-state index in [4.69, 9.17) is 21.1 Å². The molecular formula is C21H25ClN2O3. The summed E-state index contributed by atoms with van der Waals surface area (Å²) in [7, 11) is 1.63. The number of methoxy groups -OCH3 is 1. The maximum Gasteiger partial charge on any atom is 0.254 e. The van der Waals surface area contributed by atoms with Gasteiger partial charge in [0.15, 0.2) is 0 Å². The van der Waals surface area contributed by atoms with Gasteiger partial charge in [0.05, 0.1) is 7.11 Å². The zero-order valence-corrected chi connectivity index (χ0v) is 16.5. The minimum Gasteiger partial charge on any atom is -0.496 e. The van der Waals surface area contributed by atoms with E-state index < -0.39 is 0 Å². The lowest BCUT2D eigenvalue weighted by atomic mass is 10.1. The van der Waals surface area contributed by atoms with E-state index in [1.165, 1.54) is 0 Å². The number of benzene rings is 2. The SMILES string of the molecule is COc1cc(C(=O)N2CCN(CCOc3ccc(Cl)cc3)CC2)ccc1C. The second-order valence-electron chi connectivity index (χ2n) is 6.62. The van der Waals surface area contributed by atoms with Gasteiger partial charge in [-0.1, -0.05) is 17.7 Å². The lowest BCUT2D eigenvalue weighted by Crippen LogP contribution is -2.49. The minimum absolute atomic E-state index is 0.0605. The molecule has 0 aliphatic carbocycles. The Bertz CT molecular complexity index is 771. The van der Waals surface area contributed by atoms with Crippen LogP contribution in [0.15, 0.2) is 42.5 Å². The third-order valence-electron chi connectivity index (χ3n) is 4.80. The Morgan fingerprint density at radius 2 is 1.78 bits per heavy atom. The quantitative estimate of drug-likeness (QED) is 0.759. The fourth-order valence-electron chi connectivity index (χ4n) is 3.13. The molecule has 0 radical (unpaired) electrons. The van der Waals surface area contributed by atoms with E-state index in [0.717, 1.165) is 49.8 Å². The third kappa shape index (κ3) is 5.15. The summed E-state index contributed by atoms with van der Waals surface area (Å²) in [6, 6.07) is 13.0. The second kappa shape index (κ2) is 9.11. The number of hydrogen-bond acceptors (Lipinski definition) is 4. The number of hydrogen-bond donors (Lipinski definition) is 0. The maximum absolute atomic E-state index is 12.7. The molecule has 1 amide bonds. The van der Waals surface area contributed by atoms with E-state index in [2.05, 4.69) is 4.90 Å². The molecule has 1 aliphatic rings. The van der Waals surface area contributed by atoms with Gasteiger partial charge >= 0.3 is 0 Å². The summed E-state index contributed by atoms with van der Waals surface area (Å²) in [6.45, 7) is 6.55. The maximum atomic E-state index is 12.7. The minimum atomic E-state index is 0.0605. The summed E-state index contributed by atoms with van der Waals surface area (Å²) in [5.74, 6) is 1.63. The van der Waals surface area contributed by atoms with Crippen molar-refractivity contribution in [2.75, 3.05) is 46.4 Å². The highest BCUT2D eigenvalue weighted by Gasteiger charge is 2.22. The van der Waals surface area contributed by atoms with Gasteiger partial charge in [-0.3, -0.25) is 9.69 Å². The smallest absolute Gasteiger partial charge is 0.254 e. The lowest BCUT2D eigenvalue weighted by molar-refractivity contribution is 0.0620. The number of aryl methyl sites for hydroxylation is 1. The highest BCUT2D eigenvalue weighted by molar-refractivity contribution is 6.30. The molecule has 1 aliphatic heterocycles. The highest BCUT2D eigenvalue weighted by atomic mass is 35.5. The van der Waals surface area contributed by atoms with E-state index in [-0.39, 0.29) is 5.91 Å². The van der Waals surface area contributed by atoms with Gasteiger partial charge < -0.3 is 14.4 Å². The van der Waals surface area contributed by atoms with Gasteiger partial charge in [0.2, 0.25) is 0 Å². The first-order valence-corrected chi connectivity index (χ1v) is 9.49. The summed E-state index contributed by atoms with van der Waals surface area (Å²) in [5, 5.41) is 0.703. The van der Waals surface area contributed by atoms with Crippen LogP contribution in [0, 0.1) is 6.92 Å². The Morgan fingerprint density at radius 3 is 2.44 bits per heavy atom. The van der Waals surface area contributed by atoms with Crippen molar-refractivity contribution in [1.29, 1.82) is 0 Å². The molecule has 1 heterocycles. The molecule has 5 nitrogen and oxygen atoms in total. The van der Waals surface area contributed by atoms with Gasteiger partial charge in [0.25, 0.3) is 5.91 Å². The molecule has 1 fully saturated rings. The van der Waals surface area contributed by atoms with Crippen molar-refractivity contribution in [2.24, 2.45) is 0 Å². The number of nitrogens with zero attached hydrogens (tertiary/aromatic N) is 2. The van der Waals surface area contributed by atoms with Gasteiger partial charge in [-0.15, -0.1) is 0 Å². The largest absolute Gasteiger partial charge is 0.496 e. The molecule has 2 aromatic rings. The molecule has 0 aromatic heterocycles. The number of ether oxygens (including phenoxy) is 2. The predicted molar refractivity (Wildman–Crippen MR) is 107 cm³/mol. The molecule has 6 heteroatoms. The molecule has 0 bridgehead atoms. The van der Waals surface area contributed by atoms with Crippen LogP contribution in [0.1, 0.15) is 15.9 Å². The van der Waals surface area contributed by atoms with E-state index in [0.29, 0.717) is 17.2 Å². The standard InChI is InChI=1S/C21H25ClN2O3/c1-16-3-4-17(15-20(16)26-2)21(25)24-11-9-23(10-12-24)13-14-27-19-7-5-18(22)6-8-19/h3-8,15H,9-14H2,1-2H3. The molecule has 0 saturated carbocycles. The summed E-state index contributed by atoms with van der Waals surface area (Å²) in [4.78, 5) is 16.9. The van der Waals surface area contributed by atoms with Crippen LogP contribution in [-0.4, -0.2) is 62.1 Å². The molecule has 0 spiro atoms. The second-order valence-corrected chi connectivity index (χ2v) is 7.06. The topological polar surface area (TPSA) is 42.0 Å². The summed E-state index contributed by atoms with van der Waals surface area (Å²) >= 11 is 5.87. The zero-order valence-electron chi connectivity index (χ0n) is 15.8. The molecule has 1 saturated heterocycles. The number of piperazine rings is 1. The average molecular weight is 389 g/mol. The zero-order chi connectivity index (χ0) is 19.2. The first-order chi connectivity index (χ1) is 13.1. The molecule has 0 N–H and O–H groups in total. The Labute approximate surface area is 165 Å². The van der Waals surface area contributed by atoms with E-state index in [1.807, 2.05) is 54.3 Å². The van der Waals surface area contributed by atoms with Crippen LogP contribution >= 0.6 is 11.6 Å². The number of halogens is 1. The van der Waals surface area contributed by atoms with Crippen LogP contribution in [0.4, 0.5) is 0 Å². The monoisotopic (exact) mass is 388 g/mol. The first-order valence-electron chi connectivity index (χ1n) is 9.11.